The Morgan fingerprint density at radius 1 is 1.35 bits per heavy atom. The summed E-state index contributed by atoms with van der Waals surface area (Å²) in [5.74, 6) is 1.76. The first-order valence-corrected chi connectivity index (χ1v) is 6.51. The summed E-state index contributed by atoms with van der Waals surface area (Å²) in [5.41, 5.74) is 1.32. The van der Waals surface area contributed by atoms with Crippen molar-refractivity contribution < 1.29 is 4.74 Å². The second-order valence-electron chi connectivity index (χ2n) is 4.57. The average molecular weight is 234 g/mol. The van der Waals surface area contributed by atoms with Gasteiger partial charge in [0.25, 0.3) is 0 Å². The van der Waals surface area contributed by atoms with Crippen molar-refractivity contribution in [3.63, 3.8) is 0 Å². The van der Waals surface area contributed by atoms with E-state index in [-0.39, 0.29) is 0 Å². The maximum Gasteiger partial charge on any atom is 0.119 e. The van der Waals surface area contributed by atoms with Gasteiger partial charge in [0.2, 0.25) is 0 Å². The molecule has 1 unspecified atom stereocenters. The first kappa shape index (κ1) is 12.4. The van der Waals surface area contributed by atoms with Crippen LogP contribution >= 0.6 is 0 Å². The molecule has 2 rings (SSSR count). The van der Waals surface area contributed by atoms with Crippen LogP contribution in [-0.4, -0.2) is 26.2 Å². The maximum atomic E-state index is 5.42. The largest absolute Gasteiger partial charge is 0.494 e. The van der Waals surface area contributed by atoms with Crippen molar-refractivity contribution in [2.45, 2.75) is 19.9 Å². The molecule has 1 aliphatic rings. The van der Waals surface area contributed by atoms with Gasteiger partial charge in [0.05, 0.1) is 6.61 Å². The monoisotopic (exact) mass is 234 g/mol. The maximum absolute atomic E-state index is 5.42. The van der Waals surface area contributed by atoms with Crippen molar-refractivity contribution in [1.29, 1.82) is 0 Å². The summed E-state index contributed by atoms with van der Waals surface area (Å²) in [4.78, 5) is 0. The third-order valence-corrected chi connectivity index (χ3v) is 3.16. The molecule has 1 atom stereocenters. The van der Waals surface area contributed by atoms with E-state index in [1.54, 1.807) is 0 Å². The van der Waals surface area contributed by atoms with Crippen molar-refractivity contribution in [2.75, 3.05) is 26.2 Å². The lowest BCUT2D eigenvalue weighted by molar-refractivity contribution is 0.340. The van der Waals surface area contributed by atoms with Gasteiger partial charge in [0.15, 0.2) is 0 Å². The van der Waals surface area contributed by atoms with Crippen molar-refractivity contribution in [1.82, 2.24) is 10.6 Å². The second kappa shape index (κ2) is 6.62. The van der Waals surface area contributed by atoms with E-state index in [0.717, 1.165) is 37.9 Å². The molecule has 2 N–H and O–H groups in total. The Bertz CT molecular complexity index is 317. The quantitative estimate of drug-likeness (QED) is 0.787. The van der Waals surface area contributed by atoms with Gasteiger partial charge in [-0.3, -0.25) is 0 Å². The van der Waals surface area contributed by atoms with Gasteiger partial charge in [-0.05, 0) is 56.6 Å². The van der Waals surface area contributed by atoms with Crippen LogP contribution in [0.5, 0.6) is 5.75 Å². The smallest absolute Gasteiger partial charge is 0.119 e. The first-order valence-electron chi connectivity index (χ1n) is 6.51. The average Bonchev–Trinajstić information content (AvgIpc) is 2.85. The van der Waals surface area contributed by atoms with Crippen LogP contribution in [0.1, 0.15) is 18.9 Å². The van der Waals surface area contributed by atoms with E-state index in [9.17, 15) is 0 Å². The van der Waals surface area contributed by atoms with Crippen LogP contribution in [0, 0.1) is 5.92 Å². The van der Waals surface area contributed by atoms with Crippen LogP contribution in [0.3, 0.4) is 0 Å². The Kier molecular flexibility index (Phi) is 4.83. The molecule has 1 heterocycles. The van der Waals surface area contributed by atoms with Crippen LogP contribution < -0.4 is 15.4 Å². The predicted molar refractivity (Wildman–Crippen MR) is 70.3 cm³/mol. The highest BCUT2D eigenvalue weighted by Crippen LogP contribution is 2.12. The predicted octanol–water partition coefficient (Wildman–Crippen LogP) is 1.78. The minimum Gasteiger partial charge on any atom is -0.494 e. The third-order valence-electron chi connectivity index (χ3n) is 3.16. The molecule has 0 bridgehead atoms. The molecule has 1 fully saturated rings. The number of hydrogen-bond acceptors (Lipinski definition) is 3. The molecule has 3 nitrogen and oxygen atoms in total. The molecule has 1 aromatic carbocycles. The number of rotatable bonds is 6. The van der Waals surface area contributed by atoms with Crippen molar-refractivity contribution in [2.24, 2.45) is 5.92 Å². The normalized spacial score (nSPS) is 19.5. The SMILES string of the molecule is CCOc1ccc(CNCC2CCNC2)cc1. The van der Waals surface area contributed by atoms with E-state index in [0.29, 0.717) is 0 Å². The fraction of sp³-hybridized carbons (Fsp3) is 0.571. The molecule has 0 aliphatic carbocycles. The number of benzene rings is 1. The van der Waals surface area contributed by atoms with Crippen molar-refractivity contribution >= 4 is 0 Å². The summed E-state index contributed by atoms with van der Waals surface area (Å²) >= 11 is 0. The summed E-state index contributed by atoms with van der Waals surface area (Å²) in [6.07, 6.45) is 1.30. The molecule has 94 valence electrons. The van der Waals surface area contributed by atoms with Crippen molar-refractivity contribution in [3.8, 4) is 5.75 Å². The molecule has 3 heteroatoms. The molecule has 1 saturated heterocycles. The molecule has 0 amide bonds. The first-order chi connectivity index (χ1) is 8.38. The van der Waals surface area contributed by atoms with Crippen LogP contribution in [0.4, 0.5) is 0 Å². The van der Waals surface area contributed by atoms with Gasteiger partial charge in [-0.15, -0.1) is 0 Å². The molecule has 1 aliphatic heterocycles. The second-order valence-corrected chi connectivity index (χ2v) is 4.57. The van der Waals surface area contributed by atoms with Gasteiger partial charge < -0.3 is 15.4 Å². The fourth-order valence-electron chi connectivity index (χ4n) is 2.18. The van der Waals surface area contributed by atoms with Gasteiger partial charge in [0, 0.05) is 6.54 Å². The lowest BCUT2D eigenvalue weighted by Gasteiger charge is -2.10. The van der Waals surface area contributed by atoms with E-state index >= 15 is 0 Å². The molecule has 0 radical (unpaired) electrons. The molecular weight excluding hydrogens is 212 g/mol. The summed E-state index contributed by atoms with van der Waals surface area (Å²) < 4.78 is 5.42. The van der Waals surface area contributed by atoms with Gasteiger partial charge >= 0.3 is 0 Å². The zero-order chi connectivity index (χ0) is 11.9. The standard InChI is InChI=1S/C14H22N2O/c1-2-17-14-5-3-12(4-6-14)9-16-11-13-7-8-15-10-13/h3-6,13,15-16H,2,7-11H2,1H3. The molecular formula is C14H22N2O. The Balaban J connectivity index is 1.70. The molecule has 0 saturated carbocycles. The molecule has 0 spiro atoms. The van der Waals surface area contributed by atoms with Crippen molar-refractivity contribution in [3.05, 3.63) is 29.8 Å². The fourth-order valence-corrected chi connectivity index (χ4v) is 2.18. The number of ether oxygens (including phenoxy) is 1. The summed E-state index contributed by atoms with van der Waals surface area (Å²) in [5, 5.41) is 6.90. The Morgan fingerprint density at radius 3 is 2.82 bits per heavy atom. The Labute approximate surface area is 104 Å². The van der Waals surface area contributed by atoms with Gasteiger partial charge in [-0.25, -0.2) is 0 Å². The highest BCUT2D eigenvalue weighted by atomic mass is 16.5. The summed E-state index contributed by atoms with van der Waals surface area (Å²) in [6, 6.07) is 8.34. The zero-order valence-electron chi connectivity index (χ0n) is 10.5. The van der Waals surface area contributed by atoms with Crippen LogP contribution in [0.25, 0.3) is 0 Å². The molecule has 17 heavy (non-hydrogen) atoms. The van der Waals surface area contributed by atoms with E-state index in [4.69, 9.17) is 4.74 Å². The van der Waals surface area contributed by atoms with Crippen LogP contribution in [-0.2, 0) is 6.54 Å². The van der Waals surface area contributed by atoms with E-state index in [1.807, 2.05) is 19.1 Å². The summed E-state index contributed by atoms with van der Waals surface area (Å²) in [7, 11) is 0. The van der Waals surface area contributed by atoms with Crippen LogP contribution in [0.2, 0.25) is 0 Å². The van der Waals surface area contributed by atoms with E-state index in [1.165, 1.54) is 18.5 Å². The Morgan fingerprint density at radius 2 is 2.18 bits per heavy atom. The Hall–Kier alpha value is -1.06. The minimum absolute atomic E-state index is 0.728. The summed E-state index contributed by atoms with van der Waals surface area (Å²) in [6.45, 7) is 7.13. The van der Waals surface area contributed by atoms with Crippen LogP contribution in [0.15, 0.2) is 24.3 Å². The lowest BCUT2D eigenvalue weighted by atomic mass is 10.1. The highest BCUT2D eigenvalue weighted by Gasteiger charge is 2.13. The van der Waals surface area contributed by atoms with Gasteiger partial charge in [-0.2, -0.15) is 0 Å². The molecule has 1 aromatic rings. The lowest BCUT2D eigenvalue weighted by Crippen LogP contribution is -2.23. The molecule has 0 aromatic heterocycles. The highest BCUT2D eigenvalue weighted by molar-refractivity contribution is 5.27. The third kappa shape index (κ3) is 4.02. The number of nitrogens with one attached hydrogen (secondary N) is 2. The van der Waals surface area contributed by atoms with Gasteiger partial charge in [-0.1, -0.05) is 12.1 Å². The zero-order valence-corrected chi connectivity index (χ0v) is 10.5. The van der Waals surface area contributed by atoms with E-state index < -0.39 is 0 Å². The van der Waals surface area contributed by atoms with E-state index in [2.05, 4.69) is 22.8 Å². The number of hydrogen-bond donors (Lipinski definition) is 2. The van der Waals surface area contributed by atoms with Gasteiger partial charge in [0.1, 0.15) is 5.75 Å². The minimum atomic E-state index is 0.728. The topological polar surface area (TPSA) is 33.3 Å².